The molecular formula is C8H17N3. The Bertz CT molecular complexity index is 149. The van der Waals surface area contributed by atoms with Crippen molar-refractivity contribution in [2.24, 2.45) is 4.99 Å². The molecular weight excluding hydrogens is 138 g/mol. The summed E-state index contributed by atoms with van der Waals surface area (Å²) in [5, 5.41) is 6.26. The van der Waals surface area contributed by atoms with Gasteiger partial charge in [0.2, 0.25) is 0 Å². The Morgan fingerprint density at radius 2 is 2.55 bits per heavy atom. The summed E-state index contributed by atoms with van der Waals surface area (Å²) in [6, 6.07) is 0. The highest BCUT2D eigenvalue weighted by atomic mass is 15.2. The predicted octanol–water partition coefficient (Wildman–Crippen LogP) is 0.747. The maximum Gasteiger partial charge on any atom is 0.191 e. The number of aliphatic imine (C=N–C) groups is 1. The number of hydrogen-bond donors (Lipinski definition) is 2. The van der Waals surface area contributed by atoms with E-state index in [2.05, 4.69) is 21.7 Å². The summed E-state index contributed by atoms with van der Waals surface area (Å²) in [7, 11) is 0. The summed E-state index contributed by atoms with van der Waals surface area (Å²) in [4.78, 5) is 4.17. The van der Waals surface area contributed by atoms with Crippen molar-refractivity contribution in [3.63, 3.8) is 0 Å². The van der Waals surface area contributed by atoms with Crippen LogP contribution in [-0.4, -0.2) is 25.6 Å². The van der Waals surface area contributed by atoms with Crippen LogP contribution < -0.4 is 10.6 Å². The molecule has 0 saturated heterocycles. The molecule has 0 spiro atoms. The summed E-state index contributed by atoms with van der Waals surface area (Å²) in [5.74, 6) is 0.929. The number of allylic oxidation sites excluding steroid dienone is 1. The number of rotatable bonds is 2. The van der Waals surface area contributed by atoms with Gasteiger partial charge in [-0.05, 0) is 6.92 Å². The molecule has 0 fully saturated rings. The van der Waals surface area contributed by atoms with Gasteiger partial charge in [0.05, 0.1) is 6.54 Å². The van der Waals surface area contributed by atoms with Crippen molar-refractivity contribution in [3.8, 4) is 0 Å². The van der Waals surface area contributed by atoms with E-state index in [1.54, 1.807) is 0 Å². The first-order valence-corrected chi connectivity index (χ1v) is 3.57. The van der Waals surface area contributed by atoms with Crippen molar-refractivity contribution in [2.75, 3.05) is 19.6 Å². The Labute approximate surface area is 68.6 Å². The van der Waals surface area contributed by atoms with E-state index < -0.39 is 0 Å². The van der Waals surface area contributed by atoms with Crippen LogP contribution >= 0.6 is 0 Å². The van der Waals surface area contributed by atoms with Gasteiger partial charge in [-0.3, -0.25) is 4.99 Å². The van der Waals surface area contributed by atoms with Crippen LogP contribution in [0, 0.1) is 0 Å². The number of nitrogens with one attached hydrogen (secondary N) is 2. The molecule has 0 saturated carbocycles. The van der Waals surface area contributed by atoms with E-state index in [1.165, 1.54) is 0 Å². The predicted molar refractivity (Wildman–Crippen MR) is 49.9 cm³/mol. The van der Waals surface area contributed by atoms with Gasteiger partial charge in [0.1, 0.15) is 0 Å². The van der Waals surface area contributed by atoms with Gasteiger partial charge in [-0.15, -0.1) is 0 Å². The van der Waals surface area contributed by atoms with Gasteiger partial charge >= 0.3 is 0 Å². The monoisotopic (exact) mass is 155 g/mol. The van der Waals surface area contributed by atoms with E-state index in [4.69, 9.17) is 0 Å². The zero-order valence-corrected chi connectivity index (χ0v) is 6.22. The second-order valence-electron chi connectivity index (χ2n) is 2.11. The third kappa shape index (κ3) is 3.65. The van der Waals surface area contributed by atoms with Gasteiger partial charge in [-0.25, -0.2) is 0 Å². The van der Waals surface area contributed by atoms with Crippen LogP contribution in [0.1, 0.15) is 14.4 Å². The molecule has 0 unspecified atom stereocenters. The Morgan fingerprint density at radius 1 is 1.73 bits per heavy atom. The molecule has 0 bridgehead atoms. The highest BCUT2D eigenvalue weighted by Crippen LogP contribution is 1.80. The molecule has 0 aliphatic carbocycles. The van der Waals surface area contributed by atoms with Crippen LogP contribution in [0.2, 0.25) is 0 Å². The lowest BCUT2D eigenvalue weighted by Gasteiger charge is -2.01. The fraction of sp³-hybridized carbons (Fsp3) is 0.625. The van der Waals surface area contributed by atoms with Gasteiger partial charge < -0.3 is 10.6 Å². The minimum Gasteiger partial charge on any atom is -0.355 e. The first-order chi connectivity index (χ1) is 4.93. The Morgan fingerprint density at radius 3 is 3.09 bits per heavy atom. The molecule has 0 amide bonds. The highest BCUT2D eigenvalue weighted by molar-refractivity contribution is 5.81. The van der Waals surface area contributed by atoms with Crippen LogP contribution in [0.15, 0.2) is 17.1 Å². The summed E-state index contributed by atoms with van der Waals surface area (Å²) in [6.07, 6.45) is 4.07. The lowest BCUT2D eigenvalue weighted by molar-refractivity contribution is 0.923. The van der Waals surface area contributed by atoms with Gasteiger partial charge in [-0.2, -0.15) is 0 Å². The standard InChI is InChI=1S/C7H13N3.CH4/c1-2-3-4-8-7-9-5-6-10-7;/h2-3H,4-6H2,1H3,(H2,8,9,10);1H4/b3-2+;. The fourth-order valence-corrected chi connectivity index (χ4v) is 0.790. The van der Waals surface area contributed by atoms with Gasteiger partial charge in [-0.1, -0.05) is 19.6 Å². The van der Waals surface area contributed by atoms with Gasteiger partial charge in [0.25, 0.3) is 0 Å². The Kier molecular flexibility index (Phi) is 5.25. The SMILES string of the molecule is C.C/C=C/CNC1=NCCN1. The van der Waals surface area contributed by atoms with Crippen LogP contribution in [0.4, 0.5) is 0 Å². The van der Waals surface area contributed by atoms with E-state index in [0.717, 1.165) is 25.6 Å². The van der Waals surface area contributed by atoms with Gasteiger partial charge in [0.15, 0.2) is 5.96 Å². The van der Waals surface area contributed by atoms with Crippen molar-refractivity contribution in [1.82, 2.24) is 10.6 Å². The lowest BCUT2D eigenvalue weighted by Crippen LogP contribution is -2.33. The van der Waals surface area contributed by atoms with Crippen LogP contribution in [0.3, 0.4) is 0 Å². The third-order valence-electron chi connectivity index (χ3n) is 1.30. The van der Waals surface area contributed by atoms with E-state index in [-0.39, 0.29) is 7.43 Å². The van der Waals surface area contributed by atoms with Crippen molar-refractivity contribution >= 4 is 5.96 Å². The summed E-state index contributed by atoms with van der Waals surface area (Å²) in [6.45, 7) is 4.74. The van der Waals surface area contributed by atoms with Crippen molar-refractivity contribution in [1.29, 1.82) is 0 Å². The van der Waals surface area contributed by atoms with Crippen LogP contribution in [0.5, 0.6) is 0 Å². The van der Waals surface area contributed by atoms with Crippen molar-refractivity contribution in [3.05, 3.63) is 12.2 Å². The zero-order chi connectivity index (χ0) is 7.23. The Balaban J connectivity index is 0.000001000. The minimum atomic E-state index is 0. The average molecular weight is 155 g/mol. The zero-order valence-electron chi connectivity index (χ0n) is 6.22. The molecule has 64 valence electrons. The number of guanidine groups is 1. The second kappa shape index (κ2) is 5.77. The molecule has 3 nitrogen and oxygen atoms in total. The summed E-state index contributed by atoms with van der Waals surface area (Å²) < 4.78 is 0. The van der Waals surface area contributed by atoms with E-state index >= 15 is 0 Å². The fourth-order valence-electron chi connectivity index (χ4n) is 0.790. The third-order valence-corrected chi connectivity index (χ3v) is 1.30. The highest BCUT2D eigenvalue weighted by Gasteiger charge is 2.00. The average Bonchev–Trinajstić information content (AvgIpc) is 2.41. The second-order valence-corrected chi connectivity index (χ2v) is 2.11. The largest absolute Gasteiger partial charge is 0.355 e. The Hall–Kier alpha value is -0.990. The van der Waals surface area contributed by atoms with Crippen molar-refractivity contribution < 1.29 is 0 Å². The molecule has 0 atom stereocenters. The normalized spacial score (nSPS) is 15.5. The number of hydrogen-bond acceptors (Lipinski definition) is 3. The topological polar surface area (TPSA) is 36.4 Å². The molecule has 0 aromatic carbocycles. The molecule has 0 radical (unpaired) electrons. The minimum absolute atomic E-state index is 0. The van der Waals surface area contributed by atoms with Crippen LogP contribution in [0.25, 0.3) is 0 Å². The summed E-state index contributed by atoms with van der Waals surface area (Å²) in [5.41, 5.74) is 0. The number of nitrogens with zero attached hydrogens (tertiary/aromatic N) is 1. The van der Waals surface area contributed by atoms with E-state index in [0.29, 0.717) is 0 Å². The molecule has 0 aromatic heterocycles. The molecule has 11 heavy (non-hydrogen) atoms. The summed E-state index contributed by atoms with van der Waals surface area (Å²) >= 11 is 0. The van der Waals surface area contributed by atoms with E-state index in [9.17, 15) is 0 Å². The molecule has 1 heterocycles. The van der Waals surface area contributed by atoms with E-state index in [1.807, 2.05) is 13.0 Å². The molecule has 2 N–H and O–H groups in total. The molecule has 3 heteroatoms. The quantitative estimate of drug-likeness (QED) is 0.577. The molecule has 0 aromatic rings. The first-order valence-electron chi connectivity index (χ1n) is 3.57. The maximum absolute atomic E-state index is 4.17. The smallest absolute Gasteiger partial charge is 0.191 e. The molecule has 1 aliphatic heterocycles. The van der Waals surface area contributed by atoms with Gasteiger partial charge in [0, 0.05) is 13.1 Å². The molecule has 1 aliphatic rings. The maximum atomic E-state index is 4.17. The van der Waals surface area contributed by atoms with Crippen LogP contribution in [-0.2, 0) is 0 Å². The molecule has 1 rings (SSSR count). The first kappa shape index (κ1) is 10.0. The lowest BCUT2D eigenvalue weighted by atomic mass is 10.5. The van der Waals surface area contributed by atoms with Crippen molar-refractivity contribution in [2.45, 2.75) is 14.4 Å².